The first kappa shape index (κ1) is 116. The van der Waals surface area contributed by atoms with E-state index >= 15 is 0 Å². The maximum absolute atomic E-state index is 12.2. The van der Waals surface area contributed by atoms with Crippen molar-refractivity contribution in [3.05, 3.63) is 0 Å². The minimum atomic E-state index is -2.53. The largest absolute Gasteiger partial charge is 0.394 e. The van der Waals surface area contributed by atoms with Crippen LogP contribution in [0.4, 0.5) is 0 Å². The van der Waals surface area contributed by atoms with Gasteiger partial charge in [-0.1, -0.05) is 0 Å². The second-order valence-electron chi connectivity index (χ2n) is 36.6. The highest BCUT2D eigenvalue weighted by molar-refractivity contribution is 5.06. The van der Waals surface area contributed by atoms with Crippen molar-refractivity contribution in [3.63, 3.8) is 0 Å². The normalized spacial score (nSPS) is 54.9. The van der Waals surface area contributed by atoms with Gasteiger partial charge in [0.2, 0.25) is 0 Å². The van der Waals surface area contributed by atoms with E-state index in [1.165, 1.54) is 0 Å². The van der Waals surface area contributed by atoms with Crippen molar-refractivity contribution < 1.29 is 322 Å². The van der Waals surface area contributed by atoms with Gasteiger partial charge in [0.25, 0.3) is 0 Å². The second kappa shape index (κ2) is 49.9. The Hall–Kier alpha value is -2.60. The zero-order valence-electron chi connectivity index (χ0n) is 74.8. The monoisotopic (exact) mass is 2110 g/mol. The highest BCUT2D eigenvalue weighted by atomic mass is 16.8. The standard InChI is InChI=1S/C78H130O65/c79-1-14-27(90)29(92)42(105)68(120-14)133-57-17(4-82)123-70(46(109)33(57)96)135-55-15(2-80)121-66(44(107)31(55)94)118-12-25-28(91)30(93)43(106)69(131-25)134-58-18(5-83)124-71(47(110)34(58)97)136-56-16(3-81)122-67(45(108)32(56)95)119-13-26-65-41(104)54(117)78(132-26)142-64-24(11-89)129-76(52(115)39(64)102)140-62-22(9-87)127-74(50(113)37(62)100)138-60-20(7-85)125-72(48(111)35(60)98)137-59-19(6-84)126-73(49(112)36(59)99)139-61-21(8-86)128-75(51(114)38(61)101)141-63-23(10-88)130-77(143-65)53(116)40(63)103/h14-117H,1-13H2/t14-,15-,16-,17-,18-,19-,20-,21-,22-,23-,24-,25-,26-,27-,28-,29+,30+,31-,32-,33-,34-,35-,36-,37-,38-,39-,40-,41-,42-,43-,44-,45-,46-,47-,48-,49-,50-,51-,52-,53-,54-,55-,56-,57-,58-,59-,60-,61-,62-,63-,64-,65-,66+,67+,68-,69-,70-,71-,72-,73-,74-,75-,76-,77-,78-/m1/s1. The van der Waals surface area contributed by atoms with Gasteiger partial charge in [0.1, 0.15) is 317 Å². The predicted molar refractivity (Wildman–Crippen MR) is 424 cm³/mol. The van der Waals surface area contributed by atoms with E-state index in [2.05, 4.69) is 0 Å². The molecule has 0 aromatic rings. The third-order valence-electron chi connectivity index (χ3n) is 27.4. The number of rotatable bonds is 25. The highest BCUT2D eigenvalue weighted by Crippen LogP contribution is 2.44. The Kier molecular flexibility index (Phi) is 40.4. The van der Waals surface area contributed by atoms with Gasteiger partial charge in [-0.15, -0.1) is 0 Å². The van der Waals surface area contributed by atoms with Gasteiger partial charge >= 0.3 is 0 Å². The Morgan fingerprint density at radius 1 is 0.126 bits per heavy atom. The van der Waals surface area contributed by atoms with Crippen LogP contribution in [0.3, 0.4) is 0 Å². The molecule has 0 unspecified atom stereocenters. The summed E-state index contributed by atoms with van der Waals surface area (Å²) >= 11 is 0. The molecule has 0 saturated carbocycles. The molecule has 27 aliphatic rings. The third kappa shape index (κ3) is 23.7. The van der Waals surface area contributed by atoms with Crippen LogP contribution >= 0.6 is 0 Å². The van der Waals surface area contributed by atoms with Gasteiger partial charge < -0.3 is 322 Å². The molecule has 14 bridgehead atoms. The summed E-state index contributed by atoms with van der Waals surface area (Å²) in [6.07, 6.45) is -140. The molecule has 0 aromatic carbocycles. The molecule has 27 rings (SSSR count). The van der Waals surface area contributed by atoms with E-state index in [0.717, 1.165) is 0 Å². The van der Waals surface area contributed by atoms with Gasteiger partial charge in [-0.2, -0.15) is 0 Å². The van der Waals surface area contributed by atoms with E-state index in [4.69, 9.17) is 123 Å². The van der Waals surface area contributed by atoms with Gasteiger partial charge in [-0.3, -0.25) is 0 Å². The Bertz CT molecular complexity index is 3800. The van der Waals surface area contributed by atoms with Crippen molar-refractivity contribution >= 4 is 0 Å². The maximum atomic E-state index is 12.2. The van der Waals surface area contributed by atoms with Crippen molar-refractivity contribution in [3.8, 4) is 0 Å². The molecular formula is C78H130O65. The minimum Gasteiger partial charge on any atom is -0.394 e. The molecule has 65 nitrogen and oxygen atoms in total. The van der Waals surface area contributed by atoms with Crippen LogP contribution in [-0.2, 0) is 123 Å². The number of hydrogen-bond donors (Lipinski definition) is 39. The molecule has 0 spiro atoms. The summed E-state index contributed by atoms with van der Waals surface area (Å²) in [6.45, 7) is -14.8. The Labute approximate surface area is 805 Å². The number of aliphatic hydroxyl groups excluding tert-OH is 39. The summed E-state index contributed by atoms with van der Waals surface area (Å²) in [5.74, 6) is 0. The molecule has 0 aliphatic carbocycles. The number of hydrogen-bond acceptors (Lipinski definition) is 65. The van der Waals surface area contributed by atoms with Crippen LogP contribution in [0.25, 0.3) is 0 Å². The van der Waals surface area contributed by atoms with Gasteiger partial charge in [0, 0.05) is 0 Å². The van der Waals surface area contributed by atoms with Crippen LogP contribution < -0.4 is 0 Å². The van der Waals surface area contributed by atoms with Crippen molar-refractivity contribution in [1.82, 2.24) is 0 Å². The molecule has 27 fully saturated rings. The predicted octanol–water partition coefficient (Wildman–Crippen LogP) is -28.3. The molecule has 27 heterocycles. The smallest absolute Gasteiger partial charge is 0.187 e. The van der Waals surface area contributed by atoms with Crippen molar-refractivity contribution in [2.24, 2.45) is 0 Å². The van der Waals surface area contributed by atoms with Gasteiger partial charge in [0.05, 0.1) is 85.9 Å². The lowest BCUT2D eigenvalue weighted by Gasteiger charge is -2.50. The fourth-order valence-electron chi connectivity index (χ4n) is 19.1. The molecule has 0 radical (unpaired) electrons. The van der Waals surface area contributed by atoms with E-state index in [1.54, 1.807) is 0 Å². The van der Waals surface area contributed by atoms with Crippen LogP contribution in [0.2, 0.25) is 0 Å². The quantitative estimate of drug-likeness (QED) is 0.0404. The van der Waals surface area contributed by atoms with Crippen molar-refractivity contribution in [1.29, 1.82) is 0 Å². The molecule has 27 saturated heterocycles. The molecule has 832 valence electrons. The number of ether oxygens (including phenoxy) is 26. The Balaban J connectivity index is 0.645. The lowest BCUT2D eigenvalue weighted by Crippen LogP contribution is -2.68. The zero-order valence-corrected chi connectivity index (χ0v) is 74.8. The zero-order chi connectivity index (χ0) is 104. The molecule has 0 amide bonds. The first-order chi connectivity index (χ1) is 68.0. The van der Waals surface area contributed by atoms with Crippen LogP contribution in [0.5, 0.6) is 0 Å². The Morgan fingerprint density at radius 2 is 0.287 bits per heavy atom. The summed E-state index contributed by atoms with van der Waals surface area (Å²) < 4.78 is 150. The second-order valence-corrected chi connectivity index (χ2v) is 36.6. The summed E-state index contributed by atoms with van der Waals surface area (Å²) in [7, 11) is 0. The fraction of sp³-hybridized carbons (Fsp3) is 1.00. The Morgan fingerprint density at radius 3 is 0.503 bits per heavy atom. The fourth-order valence-corrected chi connectivity index (χ4v) is 19.1. The molecule has 27 aliphatic heterocycles. The average molecular weight is 2110 g/mol. The van der Waals surface area contributed by atoms with E-state index in [0.29, 0.717) is 0 Å². The molecule has 0 aromatic heterocycles. The van der Waals surface area contributed by atoms with Gasteiger partial charge in [-0.05, 0) is 0 Å². The van der Waals surface area contributed by atoms with E-state index in [9.17, 15) is 199 Å². The minimum absolute atomic E-state index is 0.888. The lowest BCUT2D eigenvalue weighted by molar-refractivity contribution is -0.400. The van der Waals surface area contributed by atoms with Crippen molar-refractivity contribution in [2.45, 2.75) is 399 Å². The van der Waals surface area contributed by atoms with E-state index in [-0.39, 0.29) is 0 Å². The molecule has 39 N–H and O–H groups in total. The highest BCUT2D eigenvalue weighted by Gasteiger charge is 2.64. The summed E-state index contributed by atoms with van der Waals surface area (Å²) in [6, 6.07) is 0. The van der Waals surface area contributed by atoms with Crippen LogP contribution in [0.15, 0.2) is 0 Å². The molecular weight excluding hydrogens is 1980 g/mol. The SMILES string of the molecule is OC[C@H]1O[C@H](O[C@H]2[C@H](O)[C@@H](O)[C@@H](O[C@H]3[C@H](O)[C@@H](O)[C@@H](OC[C@H]4O[C@H](O[C@H]5[C@H](O)[C@@H](O)[C@@H](O[C@H]6[C@H](O)[C@@H](O)[C@@H](OC[C@H]7O[C@@H]8O[C@H]9[C@H](O)[C@@H](O)[C@@H](O[C@H]%10[C@H](O)[C@@H](O)[C@@H](O[C@H]%11[C@H](O)[C@@H](O)[C@@H](O[C@H]%12[C@H](O)[C@@H](O)[C@@H](O[C@H]%13[C@H](O)[C@@H](O)[C@@H](O[C@H]%14[C@H](O)[C@@H](O)[C@@H](O[C@H]7[C@H](O)[C@H]8O)O[C@@H]%14CO)O[C@@H]%13CO)O[C@@H]%12CO)O[C@@H]%11CO)O[C@@H]%10CO)O[C@@H]9CO)O[C@@H]6CO)O[C@@H]5CO)[C@H](O)[C@@H](O)[C@@H]4O)O[C@@H]3CO)O[C@@H]2CO)[C@H](O)[C@@H](O)[C@@H]1O. The topological polar surface area (TPSA) is 1030 Å². The van der Waals surface area contributed by atoms with Crippen LogP contribution in [-0.4, -0.2) is 684 Å². The number of aliphatic hydroxyl groups is 39. The maximum Gasteiger partial charge on any atom is 0.187 e. The van der Waals surface area contributed by atoms with Crippen LogP contribution in [0.1, 0.15) is 0 Å². The van der Waals surface area contributed by atoms with Gasteiger partial charge in [0.15, 0.2) is 81.8 Å². The van der Waals surface area contributed by atoms with E-state index < -0.39 is 485 Å². The van der Waals surface area contributed by atoms with E-state index in [1.807, 2.05) is 0 Å². The van der Waals surface area contributed by atoms with Crippen LogP contribution in [0, 0.1) is 0 Å². The molecule has 65 atom stereocenters. The summed E-state index contributed by atoms with van der Waals surface area (Å²) in [4.78, 5) is 0. The average Bonchev–Trinajstić information content (AvgIpc) is 1.00. The summed E-state index contributed by atoms with van der Waals surface area (Å²) in [5.41, 5.74) is 0. The lowest BCUT2D eigenvalue weighted by atomic mass is 9.95. The van der Waals surface area contributed by atoms with Gasteiger partial charge in [-0.25, -0.2) is 0 Å². The molecule has 143 heavy (non-hydrogen) atoms. The third-order valence-corrected chi connectivity index (χ3v) is 27.4. The van der Waals surface area contributed by atoms with Crippen molar-refractivity contribution in [2.75, 3.05) is 85.9 Å². The first-order valence-electron chi connectivity index (χ1n) is 45.7. The molecule has 65 heteroatoms. The first-order valence-corrected chi connectivity index (χ1v) is 45.7. The summed E-state index contributed by atoms with van der Waals surface area (Å²) in [5, 5.41) is 436.